The van der Waals surface area contributed by atoms with Gasteiger partial charge in [0.1, 0.15) is 11.4 Å². The number of hydrogen-bond acceptors (Lipinski definition) is 10. The van der Waals surface area contributed by atoms with Crippen molar-refractivity contribution in [2.24, 2.45) is 23.7 Å². The summed E-state index contributed by atoms with van der Waals surface area (Å²) in [6, 6.07) is 1.86. The van der Waals surface area contributed by atoms with Crippen molar-refractivity contribution in [1.29, 1.82) is 0 Å². The molecule has 0 unspecified atom stereocenters. The van der Waals surface area contributed by atoms with Gasteiger partial charge in [-0.3, -0.25) is 9.48 Å². The highest BCUT2D eigenvalue weighted by atomic mass is 19.3. The molecule has 3 aromatic rings. The van der Waals surface area contributed by atoms with E-state index in [-0.39, 0.29) is 22.9 Å². The summed E-state index contributed by atoms with van der Waals surface area (Å²) in [5, 5.41) is 14.5. The van der Waals surface area contributed by atoms with Crippen LogP contribution in [0.3, 0.4) is 0 Å². The number of amides is 1. The predicted molar refractivity (Wildman–Crippen MR) is 200 cm³/mol. The fourth-order valence-corrected chi connectivity index (χ4v) is 10.3. The van der Waals surface area contributed by atoms with Crippen molar-refractivity contribution in [2.75, 3.05) is 89.6 Å². The van der Waals surface area contributed by atoms with Gasteiger partial charge < -0.3 is 34.6 Å². The Morgan fingerprint density at radius 3 is 2.39 bits per heavy atom. The summed E-state index contributed by atoms with van der Waals surface area (Å²) in [7, 11) is 2.12. The van der Waals surface area contributed by atoms with Crippen molar-refractivity contribution < 1.29 is 27.8 Å². The number of nitrogens with zero attached hydrogens (tertiary/aromatic N) is 7. The van der Waals surface area contributed by atoms with E-state index < -0.39 is 18.0 Å². The van der Waals surface area contributed by atoms with Crippen LogP contribution in [0, 0.1) is 23.7 Å². The lowest BCUT2D eigenvalue weighted by Gasteiger charge is -2.56. The minimum Gasteiger partial charge on any atom is -0.378 e. The molecule has 13 nitrogen and oxygen atoms in total. The van der Waals surface area contributed by atoms with E-state index >= 15 is 0 Å². The van der Waals surface area contributed by atoms with Crippen LogP contribution in [-0.2, 0) is 14.2 Å². The summed E-state index contributed by atoms with van der Waals surface area (Å²) in [6.45, 7) is 8.24. The van der Waals surface area contributed by atoms with E-state index in [2.05, 4.69) is 37.7 Å². The van der Waals surface area contributed by atoms with E-state index in [1.165, 1.54) is 49.2 Å². The van der Waals surface area contributed by atoms with Gasteiger partial charge >= 0.3 is 0 Å². The van der Waals surface area contributed by atoms with Gasteiger partial charge in [-0.2, -0.15) is 10.2 Å². The zero-order valence-corrected chi connectivity index (χ0v) is 31.6. The third-order valence-corrected chi connectivity index (χ3v) is 12.6. The Hall–Kier alpha value is -3.24. The van der Waals surface area contributed by atoms with Crippen molar-refractivity contribution in [3.05, 3.63) is 35.9 Å². The van der Waals surface area contributed by atoms with Crippen LogP contribution in [0.25, 0.3) is 5.65 Å². The molecule has 3 aromatic heterocycles. The zero-order chi connectivity index (χ0) is 37.1. The molecule has 0 atom stereocenters. The molecule has 2 N–H and O–H groups in total. The fraction of sp³-hybridized carbons (Fsp3) is 0.744. The van der Waals surface area contributed by atoms with Gasteiger partial charge in [-0.1, -0.05) is 0 Å². The molecule has 54 heavy (non-hydrogen) atoms. The summed E-state index contributed by atoms with van der Waals surface area (Å²) in [6.07, 6.45) is 13.6. The van der Waals surface area contributed by atoms with Gasteiger partial charge in [0.15, 0.2) is 11.3 Å². The van der Waals surface area contributed by atoms with E-state index in [1.807, 2.05) is 6.07 Å². The summed E-state index contributed by atoms with van der Waals surface area (Å²) in [5.74, 6) is 3.41. The smallest absolute Gasteiger partial charge is 0.284 e. The Bertz CT molecular complexity index is 1670. The molecule has 4 heterocycles. The van der Waals surface area contributed by atoms with Gasteiger partial charge in [0.2, 0.25) is 0 Å². The number of carbonyl (C=O) groups excluding carboxylic acids is 1. The lowest BCUT2D eigenvalue weighted by molar-refractivity contribution is -0.169. The van der Waals surface area contributed by atoms with Crippen molar-refractivity contribution in [3.63, 3.8) is 0 Å². The fourth-order valence-electron chi connectivity index (χ4n) is 10.3. The number of alkyl halides is 2. The van der Waals surface area contributed by atoms with Gasteiger partial charge in [-0.05, 0) is 101 Å². The van der Waals surface area contributed by atoms with Gasteiger partial charge in [-0.25, -0.2) is 18.3 Å². The van der Waals surface area contributed by atoms with Crippen LogP contribution in [0.5, 0.6) is 0 Å². The number of anilines is 2. The molecule has 1 aliphatic heterocycles. The Kier molecular flexibility index (Phi) is 11.8. The van der Waals surface area contributed by atoms with Crippen molar-refractivity contribution in [3.8, 4) is 0 Å². The second kappa shape index (κ2) is 16.9. The third kappa shape index (κ3) is 8.75. The first-order valence-corrected chi connectivity index (χ1v) is 20.3. The molecule has 15 heteroatoms. The molecule has 0 aromatic carbocycles. The average Bonchev–Trinajstić information content (AvgIpc) is 3.79. The summed E-state index contributed by atoms with van der Waals surface area (Å²) < 4.78 is 49.6. The van der Waals surface area contributed by atoms with E-state index in [4.69, 9.17) is 19.2 Å². The number of fused-ring (bicyclic) bond motifs is 1. The minimum absolute atomic E-state index is 0.00353. The molecular weight excluding hydrogens is 696 g/mol. The van der Waals surface area contributed by atoms with Crippen LogP contribution in [0.2, 0.25) is 0 Å². The minimum atomic E-state index is -2.83. The monoisotopic (exact) mass is 753 g/mol. The topological polar surface area (TPSA) is 123 Å². The predicted octanol–water partition coefficient (Wildman–Crippen LogP) is 5.21. The highest BCUT2D eigenvalue weighted by molar-refractivity contribution is 6.08. The van der Waals surface area contributed by atoms with Crippen LogP contribution in [0.1, 0.15) is 92.7 Å². The van der Waals surface area contributed by atoms with Gasteiger partial charge in [0.25, 0.3) is 12.3 Å². The molecule has 1 saturated heterocycles. The highest BCUT2D eigenvalue weighted by Gasteiger charge is 2.51. The zero-order valence-electron chi connectivity index (χ0n) is 31.6. The maximum absolute atomic E-state index is 14.2. The first-order valence-electron chi connectivity index (χ1n) is 20.3. The molecule has 0 spiro atoms. The molecule has 5 aliphatic carbocycles. The number of nitrogens with one attached hydrogen (secondary N) is 2. The van der Waals surface area contributed by atoms with E-state index in [0.29, 0.717) is 44.6 Å². The molecular formula is C39H57F2N9O4. The quantitative estimate of drug-likeness (QED) is 0.178. The number of halogens is 2. The summed E-state index contributed by atoms with van der Waals surface area (Å²) in [5.41, 5.74) is 0.334. The van der Waals surface area contributed by atoms with Gasteiger partial charge in [0, 0.05) is 51.7 Å². The SMILES string of the molecule is CN(CCOCCOCCOC12CC3CC(CC(C3)C1)C2)CC1CCC(n2cc(NC(=O)c3cnn4ccc(N5CCNCC5)nc34)c(C(F)F)n2)CC1. The molecule has 6 fully saturated rings. The van der Waals surface area contributed by atoms with Crippen LogP contribution >= 0.6 is 0 Å². The molecule has 1 amide bonds. The second-order valence-corrected chi connectivity index (χ2v) is 16.6. The molecule has 9 rings (SSSR count). The molecule has 4 bridgehead atoms. The Morgan fingerprint density at radius 1 is 1.00 bits per heavy atom. The van der Waals surface area contributed by atoms with Crippen LogP contribution in [0.4, 0.5) is 20.3 Å². The standard InChI is InChI=1S/C39H57F2N9O4/c1-47(12-13-52-14-15-53-16-17-54-39-21-28-18-29(22-39)20-30(19-28)23-39)25-27-2-4-31(5-3-27)50-26-33(35(46-50)36(40)41)44-38(51)32-24-43-49-9-6-34(45-37(32)49)48-10-7-42-8-11-48/h6,9,24,26-31,36,42H,2-5,7-8,10-23,25H2,1H3,(H,44,51). The second-order valence-electron chi connectivity index (χ2n) is 16.6. The maximum Gasteiger partial charge on any atom is 0.284 e. The lowest BCUT2D eigenvalue weighted by atomic mass is 9.54. The number of carbonyl (C=O) groups is 1. The number of hydrogen-bond donors (Lipinski definition) is 2. The van der Waals surface area contributed by atoms with Crippen molar-refractivity contribution in [2.45, 2.75) is 82.3 Å². The maximum atomic E-state index is 14.2. The summed E-state index contributed by atoms with van der Waals surface area (Å²) >= 11 is 0. The number of piperazine rings is 1. The molecule has 5 saturated carbocycles. The van der Waals surface area contributed by atoms with E-state index in [0.717, 1.165) is 88.5 Å². The number of rotatable bonds is 17. The van der Waals surface area contributed by atoms with Crippen LogP contribution in [0.15, 0.2) is 24.7 Å². The van der Waals surface area contributed by atoms with Gasteiger partial charge in [-0.15, -0.1) is 0 Å². The largest absolute Gasteiger partial charge is 0.378 e. The van der Waals surface area contributed by atoms with Gasteiger partial charge in [0.05, 0.1) is 56.6 Å². The van der Waals surface area contributed by atoms with Crippen LogP contribution < -0.4 is 15.5 Å². The molecule has 0 radical (unpaired) electrons. The van der Waals surface area contributed by atoms with Crippen LogP contribution in [-0.4, -0.2) is 120 Å². The molecule has 6 aliphatic rings. The Morgan fingerprint density at radius 2 is 1.69 bits per heavy atom. The summed E-state index contributed by atoms with van der Waals surface area (Å²) in [4.78, 5) is 22.5. The first kappa shape index (κ1) is 37.7. The third-order valence-electron chi connectivity index (χ3n) is 12.6. The number of ether oxygens (including phenoxy) is 3. The Balaban J connectivity index is 0.737. The number of likely N-dealkylation sites (N-methyl/N-ethyl adjacent to an activating group) is 1. The Labute approximate surface area is 316 Å². The normalized spacial score (nSPS) is 28.2. The van der Waals surface area contributed by atoms with E-state index in [1.54, 1.807) is 17.1 Å². The lowest BCUT2D eigenvalue weighted by Crippen LogP contribution is -2.52. The van der Waals surface area contributed by atoms with E-state index in [9.17, 15) is 13.6 Å². The molecule has 296 valence electrons. The first-order chi connectivity index (χ1) is 26.3. The average molecular weight is 754 g/mol. The van der Waals surface area contributed by atoms with Crippen molar-refractivity contribution in [1.82, 2.24) is 34.6 Å². The number of aromatic nitrogens is 5. The highest BCUT2D eigenvalue weighted by Crippen LogP contribution is 2.57. The van der Waals surface area contributed by atoms with Crippen molar-refractivity contribution >= 4 is 23.1 Å².